The third-order valence-electron chi connectivity index (χ3n) is 3.79. The molecule has 4 heteroatoms. The van der Waals surface area contributed by atoms with E-state index in [4.69, 9.17) is 5.11 Å². The summed E-state index contributed by atoms with van der Waals surface area (Å²) in [7, 11) is 0. The summed E-state index contributed by atoms with van der Waals surface area (Å²) in [5.41, 5.74) is 0.870. The average molecular weight is 263 g/mol. The molecule has 2 rings (SSSR count). The molecule has 1 fully saturated rings. The number of nitrogens with one attached hydrogen (secondary N) is 1. The molecule has 1 aromatic rings. The number of phenols is 1. The van der Waals surface area contributed by atoms with E-state index in [2.05, 4.69) is 5.32 Å². The molecule has 0 aromatic heterocycles. The Morgan fingerprint density at radius 1 is 1.26 bits per heavy atom. The monoisotopic (exact) mass is 263 g/mol. The molecule has 0 atom stereocenters. The second-order valence-corrected chi connectivity index (χ2v) is 5.22. The molecule has 0 radical (unpaired) electrons. The van der Waals surface area contributed by atoms with Gasteiger partial charge in [0.05, 0.1) is 6.61 Å². The van der Waals surface area contributed by atoms with E-state index in [0.29, 0.717) is 23.6 Å². The molecule has 0 aliphatic heterocycles. The second kappa shape index (κ2) is 6.57. The van der Waals surface area contributed by atoms with Crippen LogP contribution in [0.1, 0.15) is 48.0 Å². The number of carbonyl (C=O) groups is 1. The summed E-state index contributed by atoms with van der Waals surface area (Å²) >= 11 is 0. The van der Waals surface area contributed by atoms with E-state index in [1.165, 1.54) is 38.2 Å². The standard InChI is InChI=1S/C15H21NO3/c17-10-13-7-6-12(8-14(13)18)15(19)16-9-11-4-2-1-3-5-11/h6-8,11,17-18H,1-5,9-10H2,(H,16,19). The highest BCUT2D eigenvalue weighted by Crippen LogP contribution is 2.23. The number of aromatic hydroxyl groups is 1. The topological polar surface area (TPSA) is 69.6 Å². The summed E-state index contributed by atoms with van der Waals surface area (Å²) < 4.78 is 0. The lowest BCUT2D eigenvalue weighted by atomic mass is 9.89. The maximum absolute atomic E-state index is 12.0. The van der Waals surface area contributed by atoms with Gasteiger partial charge in [-0.05, 0) is 30.9 Å². The number of aliphatic hydroxyl groups excluding tert-OH is 1. The predicted molar refractivity (Wildman–Crippen MR) is 72.9 cm³/mol. The van der Waals surface area contributed by atoms with Gasteiger partial charge in [-0.15, -0.1) is 0 Å². The molecular weight excluding hydrogens is 242 g/mol. The van der Waals surface area contributed by atoms with Crippen LogP contribution in [0.4, 0.5) is 0 Å². The highest BCUT2D eigenvalue weighted by Gasteiger charge is 2.15. The third kappa shape index (κ3) is 3.70. The molecule has 1 amide bonds. The van der Waals surface area contributed by atoms with E-state index >= 15 is 0 Å². The number of carbonyl (C=O) groups excluding carboxylic acids is 1. The van der Waals surface area contributed by atoms with Crippen LogP contribution in [0.25, 0.3) is 0 Å². The fourth-order valence-electron chi connectivity index (χ4n) is 2.57. The van der Waals surface area contributed by atoms with Crippen molar-refractivity contribution in [1.29, 1.82) is 0 Å². The van der Waals surface area contributed by atoms with Gasteiger partial charge >= 0.3 is 0 Å². The van der Waals surface area contributed by atoms with Gasteiger partial charge in [0.2, 0.25) is 0 Å². The van der Waals surface area contributed by atoms with Crippen molar-refractivity contribution in [2.45, 2.75) is 38.7 Å². The van der Waals surface area contributed by atoms with Gasteiger partial charge in [0.15, 0.2) is 0 Å². The van der Waals surface area contributed by atoms with E-state index in [-0.39, 0.29) is 18.3 Å². The van der Waals surface area contributed by atoms with E-state index in [9.17, 15) is 9.90 Å². The summed E-state index contributed by atoms with van der Waals surface area (Å²) in [6.45, 7) is 0.483. The molecule has 104 valence electrons. The quantitative estimate of drug-likeness (QED) is 0.780. The van der Waals surface area contributed by atoms with E-state index < -0.39 is 0 Å². The Morgan fingerprint density at radius 2 is 2.00 bits per heavy atom. The molecule has 0 saturated heterocycles. The van der Waals surface area contributed by atoms with Gasteiger partial charge in [0, 0.05) is 17.7 Å². The summed E-state index contributed by atoms with van der Waals surface area (Å²) in [6.07, 6.45) is 6.20. The van der Waals surface area contributed by atoms with Gasteiger partial charge in [0.1, 0.15) is 5.75 Å². The van der Waals surface area contributed by atoms with E-state index in [1.54, 1.807) is 12.1 Å². The van der Waals surface area contributed by atoms with E-state index in [1.807, 2.05) is 0 Å². The molecule has 1 aliphatic carbocycles. The molecule has 0 heterocycles. The Balaban J connectivity index is 1.90. The maximum Gasteiger partial charge on any atom is 0.251 e. The van der Waals surface area contributed by atoms with Crippen LogP contribution in [0.2, 0.25) is 0 Å². The van der Waals surface area contributed by atoms with Gasteiger partial charge < -0.3 is 15.5 Å². The SMILES string of the molecule is O=C(NCC1CCCCC1)c1ccc(CO)c(O)c1. The molecule has 0 bridgehead atoms. The van der Waals surface area contributed by atoms with Crippen molar-refractivity contribution in [3.05, 3.63) is 29.3 Å². The summed E-state index contributed by atoms with van der Waals surface area (Å²) in [6, 6.07) is 4.61. The smallest absolute Gasteiger partial charge is 0.251 e. The van der Waals surface area contributed by atoms with Crippen molar-refractivity contribution in [3.8, 4) is 5.75 Å². The number of hydrogen-bond donors (Lipinski definition) is 3. The minimum atomic E-state index is -0.226. The number of hydrogen-bond acceptors (Lipinski definition) is 3. The van der Waals surface area contributed by atoms with Crippen LogP contribution in [0, 0.1) is 5.92 Å². The number of benzene rings is 1. The Labute approximate surface area is 113 Å². The zero-order chi connectivity index (χ0) is 13.7. The molecule has 1 aromatic carbocycles. The number of amides is 1. The molecule has 19 heavy (non-hydrogen) atoms. The van der Waals surface area contributed by atoms with Crippen LogP contribution < -0.4 is 5.32 Å². The molecule has 0 spiro atoms. The van der Waals surface area contributed by atoms with Gasteiger partial charge in [-0.25, -0.2) is 0 Å². The minimum Gasteiger partial charge on any atom is -0.508 e. The zero-order valence-corrected chi connectivity index (χ0v) is 11.1. The van der Waals surface area contributed by atoms with Gasteiger partial charge in [-0.3, -0.25) is 4.79 Å². The van der Waals surface area contributed by atoms with Gasteiger partial charge in [-0.2, -0.15) is 0 Å². The highest BCUT2D eigenvalue weighted by atomic mass is 16.3. The van der Waals surface area contributed by atoms with Gasteiger partial charge in [-0.1, -0.05) is 25.3 Å². The second-order valence-electron chi connectivity index (χ2n) is 5.22. The summed E-state index contributed by atoms with van der Waals surface area (Å²) in [5.74, 6) is 0.390. The van der Waals surface area contributed by atoms with Crippen molar-refractivity contribution in [3.63, 3.8) is 0 Å². The third-order valence-corrected chi connectivity index (χ3v) is 3.79. The largest absolute Gasteiger partial charge is 0.508 e. The van der Waals surface area contributed by atoms with Crippen LogP contribution in [-0.2, 0) is 6.61 Å². The zero-order valence-electron chi connectivity index (χ0n) is 11.1. The van der Waals surface area contributed by atoms with Crippen LogP contribution in [0.5, 0.6) is 5.75 Å². The van der Waals surface area contributed by atoms with Crippen molar-refractivity contribution in [1.82, 2.24) is 5.32 Å². The Bertz CT molecular complexity index is 439. The summed E-state index contributed by atoms with van der Waals surface area (Å²) in [4.78, 5) is 12.0. The Morgan fingerprint density at radius 3 is 2.63 bits per heavy atom. The highest BCUT2D eigenvalue weighted by molar-refractivity contribution is 5.94. The number of aliphatic hydroxyl groups is 1. The minimum absolute atomic E-state index is 0.0344. The van der Waals surface area contributed by atoms with Crippen molar-refractivity contribution >= 4 is 5.91 Å². The van der Waals surface area contributed by atoms with Crippen LogP contribution in [-0.4, -0.2) is 22.7 Å². The lowest BCUT2D eigenvalue weighted by Gasteiger charge is -2.21. The number of rotatable bonds is 4. The average Bonchev–Trinajstić information content (AvgIpc) is 2.45. The fraction of sp³-hybridized carbons (Fsp3) is 0.533. The fourth-order valence-corrected chi connectivity index (χ4v) is 2.57. The van der Waals surface area contributed by atoms with Gasteiger partial charge in [0.25, 0.3) is 5.91 Å². The molecular formula is C15H21NO3. The molecule has 1 aliphatic rings. The normalized spacial score (nSPS) is 16.3. The lowest BCUT2D eigenvalue weighted by Crippen LogP contribution is -2.30. The molecule has 3 N–H and O–H groups in total. The maximum atomic E-state index is 12.0. The Hall–Kier alpha value is -1.55. The molecule has 4 nitrogen and oxygen atoms in total. The van der Waals surface area contributed by atoms with Crippen LogP contribution in [0.3, 0.4) is 0 Å². The first-order chi connectivity index (χ1) is 9.20. The predicted octanol–water partition coefficient (Wildman–Crippen LogP) is 2.19. The van der Waals surface area contributed by atoms with Crippen LogP contribution >= 0.6 is 0 Å². The van der Waals surface area contributed by atoms with Crippen molar-refractivity contribution in [2.24, 2.45) is 5.92 Å². The Kier molecular flexibility index (Phi) is 4.80. The van der Waals surface area contributed by atoms with Crippen LogP contribution in [0.15, 0.2) is 18.2 Å². The first kappa shape index (κ1) is 13.9. The molecule has 0 unspecified atom stereocenters. The van der Waals surface area contributed by atoms with E-state index in [0.717, 1.165) is 0 Å². The molecule has 1 saturated carbocycles. The first-order valence-electron chi connectivity index (χ1n) is 6.91. The van der Waals surface area contributed by atoms with Crippen molar-refractivity contribution < 1.29 is 15.0 Å². The lowest BCUT2D eigenvalue weighted by molar-refractivity contribution is 0.0943. The summed E-state index contributed by atoms with van der Waals surface area (Å²) in [5, 5.41) is 21.5. The first-order valence-corrected chi connectivity index (χ1v) is 6.91. The van der Waals surface area contributed by atoms with Crippen molar-refractivity contribution in [2.75, 3.05) is 6.54 Å².